The minimum absolute atomic E-state index is 0.129. The molecule has 0 aromatic carbocycles. The lowest BCUT2D eigenvalue weighted by Crippen LogP contribution is -2.34. The van der Waals surface area contributed by atoms with Crippen LogP contribution in [-0.4, -0.2) is 11.6 Å². The van der Waals surface area contributed by atoms with Gasteiger partial charge in [0.1, 0.15) is 12.4 Å². The molecule has 1 rings (SSSR count). The van der Waals surface area contributed by atoms with Crippen LogP contribution >= 0.6 is 0 Å². The summed E-state index contributed by atoms with van der Waals surface area (Å²) in [6.07, 6.45) is 4.36. The van der Waals surface area contributed by atoms with Crippen molar-refractivity contribution in [3.05, 3.63) is 23.7 Å². The largest absolute Gasteiger partial charge is 0.467 e. The first kappa shape index (κ1) is 15.3. The summed E-state index contributed by atoms with van der Waals surface area (Å²) >= 11 is 0. The zero-order chi connectivity index (χ0) is 13.6. The van der Waals surface area contributed by atoms with Crippen LogP contribution in [0.1, 0.15) is 58.8 Å². The molecule has 3 heteroatoms. The molecule has 1 aromatic heterocycles. The first-order valence-corrected chi connectivity index (χ1v) is 6.83. The summed E-state index contributed by atoms with van der Waals surface area (Å²) < 4.78 is 11.2. The van der Waals surface area contributed by atoms with Gasteiger partial charge >= 0.3 is 0 Å². The normalized spacial score (nSPS) is 13.8. The molecular weight excluding hydrogens is 226 g/mol. The molecule has 0 amide bonds. The molecule has 0 bridgehead atoms. The Balaban J connectivity index is 2.34. The van der Waals surface area contributed by atoms with Crippen molar-refractivity contribution >= 4 is 0 Å². The second-order valence-electron chi connectivity index (χ2n) is 5.94. The Morgan fingerprint density at radius 3 is 2.72 bits per heavy atom. The van der Waals surface area contributed by atoms with Crippen molar-refractivity contribution in [3.63, 3.8) is 0 Å². The predicted molar refractivity (Wildman–Crippen MR) is 74.5 cm³/mol. The van der Waals surface area contributed by atoms with Gasteiger partial charge in [-0.1, -0.05) is 13.3 Å². The highest BCUT2D eigenvalue weighted by Crippen LogP contribution is 2.12. The smallest absolute Gasteiger partial charge is 0.129 e. The van der Waals surface area contributed by atoms with E-state index in [-0.39, 0.29) is 5.54 Å². The standard InChI is InChI=1S/C15H27NO2/c1-6-7-12(2)17-11-14-8-13(10-18-14)9-16-15(3,4)5/h8,10,12,16H,6-7,9,11H2,1-5H3. The lowest BCUT2D eigenvalue weighted by Gasteiger charge is -2.19. The molecule has 1 unspecified atom stereocenters. The van der Waals surface area contributed by atoms with E-state index in [2.05, 4.69) is 46.0 Å². The third-order valence-corrected chi connectivity index (χ3v) is 2.74. The highest BCUT2D eigenvalue weighted by molar-refractivity contribution is 5.12. The maximum atomic E-state index is 5.71. The Bertz CT molecular complexity index is 339. The molecule has 0 fully saturated rings. The molecule has 0 aliphatic heterocycles. The van der Waals surface area contributed by atoms with E-state index >= 15 is 0 Å². The first-order chi connectivity index (χ1) is 8.40. The van der Waals surface area contributed by atoms with Crippen molar-refractivity contribution in [1.82, 2.24) is 5.32 Å². The molecule has 18 heavy (non-hydrogen) atoms. The Kier molecular flexibility index (Phi) is 5.89. The maximum absolute atomic E-state index is 5.71. The minimum atomic E-state index is 0.129. The fourth-order valence-electron chi connectivity index (χ4n) is 1.68. The van der Waals surface area contributed by atoms with Gasteiger partial charge in [-0.25, -0.2) is 0 Å². The third-order valence-electron chi connectivity index (χ3n) is 2.74. The van der Waals surface area contributed by atoms with Crippen LogP contribution in [0.4, 0.5) is 0 Å². The van der Waals surface area contributed by atoms with Gasteiger partial charge in [-0.15, -0.1) is 0 Å². The summed E-state index contributed by atoms with van der Waals surface area (Å²) in [7, 11) is 0. The topological polar surface area (TPSA) is 34.4 Å². The van der Waals surface area contributed by atoms with Gasteiger partial charge in [-0.05, 0) is 40.2 Å². The summed E-state index contributed by atoms with van der Waals surface area (Å²) in [5.74, 6) is 0.906. The predicted octanol–water partition coefficient (Wildman–Crippen LogP) is 3.87. The van der Waals surface area contributed by atoms with E-state index in [4.69, 9.17) is 9.15 Å². The van der Waals surface area contributed by atoms with Gasteiger partial charge in [0.15, 0.2) is 0 Å². The Labute approximate surface area is 111 Å². The van der Waals surface area contributed by atoms with E-state index in [0.29, 0.717) is 12.7 Å². The average Bonchev–Trinajstić information content (AvgIpc) is 2.71. The van der Waals surface area contributed by atoms with Gasteiger partial charge in [0.25, 0.3) is 0 Å². The summed E-state index contributed by atoms with van der Waals surface area (Å²) in [4.78, 5) is 0. The van der Waals surface area contributed by atoms with Crippen molar-refractivity contribution in [2.75, 3.05) is 0 Å². The second-order valence-corrected chi connectivity index (χ2v) is 5.94. The van der Waals surface area contributed by atoms with Gasteiger partial charge in [-0.3, -0.25) is 0 Å². The van der Waals surface area contributed by atoms with Gasteiger partial charge in [0.05, 0.1) is 12.4 Å². The lowest BCUT2D eigenvalue weighted by molar-refractivity contribution is 0.0372. The Hall–Kier alpha value is -0.800. The molecule has 1 N–H and O–H groups in total. The van der Waals surface area contributed by atoms with E-state index in [0.717, 1.165) is 25.1 Å². The highest BCUT2D eigenvalue weighted by atomic mass is 16.5. The van der Waals surface area contributed by atoms with Crippen molar-refractivity contribution in [2.24, 2.45) is 0 Å². The molecule has 0 spiro atoms. The number of furan rings is 1. The lowest BCUT2D eigenvalue weighted by atomic mass is 10.1. The number of hydrogen-bond donors (Lipinski definition) is 1. The second kappa shape index (κ2) is 6.95. The Morgan fingerprint density at radius 2 is 2.11 bits per heavy atom. The number of ether oxygens (including phenoxy) is 1. The summed E-state index contributed by atoms with van der Waals surface area (Å²) in [6, 6.07) is 2.07. The molecule has 104 valence electrons. The molecule has 0 radical (unpaired) electrons. The van der Waals surface area contributed by atoms with Crippen LogP contribution in [0.3, 0.4) is 0 Å². The van der Waals surface area contributed by atoms with Crippen molar-refractivity contribution in [2.45, 2.75) is 72.3 Å². The SMILES string of the molecule is CCCC(C)OCc1cc(CNC(C)(C)C)co1. The zero-order valence-corrected chi connectivity index (χ0v) is 12.4. The molecule has 0 aliphatic rings. The minimum Gasteiger partial charge on any atom is -0.467 e. The molecule has 0 saturated heterocycles. The van der Waals surface area contributed by atoms with E-state index in [1.54, 1.807) is 0 Å². The van der Waals surface area contributed by atoms with Crippen LogP contribution in [0.15, 0.2) is 16.7 Å². The van der Waals surface area contributed by atoms with Gasteiger partial charge in [0.2, 0.25) is 0 Å². The molecule has 1 atom stereocenters. The summed E-state index contributed by atoms with van der Waals surface area (Å²) in [6.45, 7) is 12.1. The molecule has 1 heterocycles. The molecule has 0 aliphatic carbocycles. The molecule has 3 nitrogen and oxygen atoms in total. The Morgan fingerprint density at radius 1 is 1.39 bits per heavy atom. The van der Waals surface area contributed by atoms with E-state index in [1.807, 2.05) is 6.26 Å². The number of hydrogen-bond acceptors (Lipinski definition) is 3. The number of rotatable bonds is 7. The van der Waals surface area contributed by atoms with E-state index in [1.165, 1.54) is 5.56 Å². The van der Waals surface area contributed by atoms with Crippen molar-refractivity contribution < 1.29 is 9.15 Å². The monoisotopic (exact) mass is 253 g/mol. The van der Waals surface area contributed by atoms with Crippen LogP contribution in [0.25, 0.3) is 0 Å². The van der Waals surface area contributed by atoms with E-state index in [9.17, 15) is 0 Å². The fraction of sp³-hybridized carbons (Fsp3) is 0.733. The summed E-state index contributed by atoms with van der Waals surface area (Å²) in [5, 5.41) is 3.44. The fourth-order valence-corrected chi connectivity index (χ4v) is 1.68. The van der Waals surface area contributed by atoms with Crippen LogP contribution in [0.2, 0.25) is 0 Å². The van der Waals surface area contributed by atoms with Crippen LogP contribution in [-0.2, 0) is 17.9 Å². The summed E-state index contributed by atoms with van der Waals surface area (Å²) in [5.41, 5.74) is 1.30. The molecule has 0 saturated carbocycles. The van der Waals surface area contributed by atoms with E-state index < -0.39 is 0 Å². The van der Waals surface area contributed by atoms with Crippen LogP contribution < -0.4 is 5.32 Å². The highest BCUT2D eigenvalue weighted by Gasteiger charge is 2.10. The first-order valence-electron chi connectivity index (χ1n) is 6.83. The maximum Gasteiger partial charge on any atom is 0.129 e. The van der Waals surface area contributed by atoms with Gasteiger partial charge in [0, 0.05) is 17.6 Å². The van der Waals surface area contributed by atoms with Crippen molar-refractivity contribution in [1.29, 1.82) is 0 Å². The van der Waals surface area contributed by atoms with Gasteiger partial charge in [-0.2, -0.15) is 0 Å². The van der Waals surface area contributed by atoms with Crippen LogP contribution in [0, 0.1) is 0 Å². The van der Waals surface area contributed by atoms with Crippen molar-refractivity contribution in [3.8, 4) is 0 Å². The molecular formula is C15H27NO2. The van der Waals surface area contributed by atoms with Crippen LogP contribution in [0.5, 0.6) is 0 Å². The quantitative estimate of drug-likeness (QED) is 0.801. The number of nitrogens with one attached hydrogen (secondary N) is 1. The zero-order valence-electron chi connectivity index (χ0n) is 12.4. The average molecular weight is 253 g/mol. The van der Waals surface area contributed by atoms with Gasteiger partial charge < -0.3 is 14.5 Å². The third kappa shape index (κ3) is 6.22. The molecule has 1 aromatic rings.